The predicted molar refractivity (Wildman–Crippen MR) is 82.5 cm³/mol. The van der Waals surface area contributed by atoms with Crippen LogP contribution in [0.25, 0.3) is 6.08 Å². The summed E-state index contributed by atoms with van der Waals surface area (Å²) in [6.07, 6.45) is 5.16. The molecule has 0 aliphatic rings. The Morgan fingerprint density at radius 3 is 2.75 bits per heavy atom. The quantitative estimate of drug-likeness (QED) is 0.619. The van der Waals surface area contributed by atoms with Crippen molar-refractivity contribution in [2.75, 3.05) is 0 Å². The lowest BCUT2D eigenvalue weighted by Gasteiger charge is -2.00. The second kappa shape index (κ2) is 6.25. The summed E-state index contributed by atoms with van der Waals surface area (Å²) >= 11 is 11.8. The molecule has 0 saturated heterocycles. The first-order valence-electron chi connectivity index (χ1n) is 6.22. The molecule has 104 valence electrons. The van der Waals surface area contributed by atoms with Crippen LogP contribution in [0.5, 0.6) is 0 Å². The lowest BCUT2D eigenvalue weighted by molar-refractivity contribution is 0.104. The van der Waals surface area contributed by atoms with Gasteiger partial charge in [0.1, 0.15) is 0 Å². The van der Waals surface area contributed by atoms with Gasteiger partial charge in [0.2, 0.25) is 0 Å². The molecule has 2 aromatic rings. The Labute approximate surface area is 127 Å². The number of rotatable bonds is 4. The molecule has 0 bridgehead atoms. The van der Waals surface area contributed by atoms with Gasteiger partial charge in [-0.2, -0.15) is 5.10 Å². The van der Waals surface area contributed by atoms with E-state index < -0.39 is 0 Å². The number of hydrogen-bond acceptors (Lipinski definition) is 2. The third kappa shape index (κ3) is 3.30. The zero-order chi connectivity index (χ0) is 14.7. The van der Waals surface area contributed by atoms with Crippen LogP contribution in [0.15, 0.2) is 30.5 Å². The van der Waals surface area contributed by atoms with Gasteiger partial charge in [-0.3, -0.25) is 9.48 Å². The summed E-state index contributed by atoms with van der Waals surface area (Å²) in [5.41, 5.74) is 2.25. The first kappa shape index (κ1) is 14.8. The molecule has 0 amide bonds. The lowest BCUT2D eigenvalue weighted by atomic mass is 10.1. The maximum Gasteiger partial charge on any atom is 0.187 e. The molecule has 0 radical (unpaired) electrons. The zero-order valence-electron chi connectivity index (χ0n) is 11.2. The van der Waals surface area contributed by atoms with Gasteiger partial charge in [-0.1, -0.05) is 23.2 Å². The Bertz CT molecular complexity index is 675. The van der Waals surface area contributed by atoms with Crippen molar-refractivity contribution < 1.29 is 4.79 Å². The van der Waals surface area contributed by atoms with Crippen LogP contribution in [0.2, 0.25) is 10.0 Å². The first-order chi connectivity index (χ1) is 9.51. The monoisotopic (exact) mass is 308 g/mol. The van der Waals surface area contributed by atoms with Crippen LogP contribution in [0, 0.1) is 6.92 Å². The van der Waals surface area contributed by atoms with Crippen molar-refractivity contribution in [1.29, 1.82) is 0 Å². The van der Waals surface area contributed by atoms with E-state index in [0.29, 0.717) is 15.6 Å². The van der Waals surface area contributed by atoms with E-state index in [1.54, 1.807) is 24.3 Å². The Hall–Kier alpha value is -1.58. The van der Waals surface area contributed by atoms with E-state index >= 15 is 0 Å². The van der Waals surface area contributed by atoms with E-state index in [9.17, 15) is 4.79 Å². The highest BCUT2D eigenvalue weighted by Crippen LogP contribution is 2.22. The average Bonchev–Trinajstić information content (AvgIpc) is 2.76. The molecule has 0 N–H and O–H groups in total. The third-order valence-electron chi connectivity index (χ3n) is 2.92. The molecule has 0 fully saturated rings. The van der Waals surface area contributed by atoms with Crippen LogP contribution in [0.4, 0.5) is 0 Å². The van der Waals surface area contributed by atoms with Gasteiger partial charge >= 0.3 is 0 Å². The molecule has 0 aliphatic carbocycles. The van der Waals surface area contributed by atoms with Crippen LogP contribution < -0.4 is 0 Å². The number of carbonyl (C=O) groups is 1. The molecular weight excluding hydrogens is 295 g/mol. The fraction of sp³-hybridized carbons (Fsp3) is 0.200. The smallest absolute Gasteiger partial charge is 0.187 e. The predicted octanol–water partition coefficient (Wildman–Crippen LogP) is 4.41. The second-order valence-electron chi connectivity index (χ2n) is 4.35. The maximum atomic E-state index is 12.1. The van der Waals surface area contributed by atoms with Crippen molar-refractivity contribution in [1.82, 2.24) is 9.78 Å². The highest BCUT2D eigenvalue weighted by atomic mass is 35.5. The van der Waals surface area contributed by atoms with Crippen molar-refractivity contribution >= 4 is 35.1 Å². The molecule has 3 nitrogen and oxygen atoms in total. The summed E-state index contributed by atoms with van der Waals surface area (Å²) in [7, 11) is 0. The van der Waals surface area contributed by atoms with Crippen molar-refractivity contribution in [2.24, 2.45) is 0 Å². The van der Waals surface area contributed by atoms with Crippen molar-refractivity contribution in [2.45, 2.75) is 20.4 Å². The summed E-state index contributed by atoms with van der Waals surface area (Å²) in [4.78, 5) is 12.1. The molecule has 0 aliphatic heterocycles. The van der Waals surface area contributed by atoms with Gasteiger partial charge in [0.15, 0.2) is 5.78 Å². The minimum atomic E-state index is -0.157. The van der Waals surface area contributed by atoms with E-state index in [2.05, 4.69) is 5.10 Å². The standard InChI is InChI=1S/C15H14Cl2N2O/c1-3-19-9-11(10(2)18-19)4-7-15(20)13-6-5-12(16)8-14(13)17/h4-9H,3H2,1-2H3/b7-4+. The molecule has 0 saturated carbocycles. The van der Waals surface area contributed by atoms with Gasteiger partial charge in [-0.05, 0) is 44.2 Å². The van der Waals surface area contributed by atoms with Gasteiger partial charge in [0.05, 0.1) is 10.7 Å². The molecule has 5 heteroatoms. The van der Waals surface area contributed by atoms with Gasteiger partial charge in [0.25, 0.3) is 0 Å². The topological polar surface area (TPSA) is 34.9 Å². The Kier molecular flexibility index (Phi) is 4.63. The van der Waals surface area contributed by atoms with Crippen LogP contribution >= 0.6 is 23.2 Å². The zero-order valence-corrected chi connectivity index (χ0v) is 12.7. The Balaban J connectivity index is 2.22. The summed E-state index contributed by atoms with van der Waals surface area (Å²) < 4.78 is 1.83. The molecule has 1 heterocycles. The van der Waals surface area contributed by atoms with E-state index in [1.807, 2.05) is 24.7 Å². The summed E-state index contributed by atoms with van der Waals surface area (Å²) in [5, 5.41) is 5.18. The fourth-order valence-electron chi connectivity index (χ4n) is 1.80. The number of ketones is 1. The SMILES string of the molecule is CCn1cc(/C=C/C(=O)c2ccc(Cl)cc2Cl)c(C)n1. The van der Waals surface area contributed by atoms with Crippen molar-refractivity contribution in [3.63, 3.8) is 0 Å². The van der Waals surface area contributed by atoms with Crippen LogP contribution in [-0.2, 0) is 6.54 Å². The normalized spacial score (nSPS) is 11.2. The molecule has 1 aromatic carbocycles. The van der Waals surface area contributed by atoms with E-state index in [1.165, 1.54) is 6.08 Å². The molecule has 0 spiro atoms. The maximum absolute atomic E-state index is 12.1. The van der Waals surface area contributed by atoms with Crippen LogP contribution in [-0.4, -0.2) is 15.6 Å². The number of halogens is 2. The van der Waals surface area contributed by atoms with Crippen LogP contribution in [0.1, 0.15) is 28.5 Å². The third-order valence-corrected chi connectivity index (χ3v) is 3.47. The molecular formula is C15H14Cl2N2O. The number of benzene rings is 1. The van der Waals surface area contributed by atoms with Gasteiger partial charge in [0, 0.05) is 28.9 Å². The highest BCUT2D eigenvalue weighted by molar-refractivity contribution is 6.37. The van der Waals surface area contributed by atoms with E-state index in [-0.39, 0.29) is 5.78 Å². The van der Waals surface area contributed by atoms with Gasteiger partial charge in [-0.15, -0.1) is 0 Å². The molecule has 0 atom stereocenters. The molecule has 0 unspecified atom stereocenters. The summed E-state index contributed by atoms with van der Waals surface area (Å²) in [5.74, 6) is -0.157. The average molecular weight is 309 g/mol. The van der Waals surface area contributed by atoms with Crippen molar-refractivity contribution in [3.05, 3.63) is 57.3 Å². The molecule has 2 rings (SSSR count). The fourth-order valence-corrected chi connectivity index (χ4v) is 2.31. The number of nitrogens with zero attached hydrogens (tertiary/aromatic N) is 2. The second-order valence-corrected chi connectivity index (χ2v) is 5.19. The summed E-state index contributed by atoms with van der Waals surface area (Å²) in [6.45, 7) is 4.72. The van der Waals surface area contributed by atoms with E-state index in [4.69, 9.17) is 23.2 Å². The van der Waals surface area contributed by atoms with Gasteiger partial charge < -0.3 is 0 Å². The van der Waals surface area contributed by atoms with Crippen molar-refractivity contribution in [3.8, 4) is 0 Å². The number of aromatic nitrogens is 2. The Morgan fingerprint density at radius 2 is 2.15 bits per heavy atom. The van der Waals surface area contributed by atoms with Crippen LogP contribution in [0.3, 0.4) is 0 Å². The number of allylic oxidation sites excluding steroid dienone is 1. The molecule has 20 heavy (non-hydrogen) atoms. The minimum absolute atomic E-state index is 0.157. The highest BCUT2D eigenvalue weighted by Gasteiger charge is 2.08. The number of carbonyl (C=O) groups excluding carboxylic acids is 1. The first-order valence-corrected chi connectivity index (χ1v) is 6.98. The Morgan fingerprint density at radius 1 is 1.40 bits per heavy atom. The largest absolute Gasteiger partial charge is 0.289 e. The van der Waals surface area contributed by atoms with Gasteiger partial charge in [-0.25, -0.2) is 0 Å². The van der Waals surface area contributed by atoms with E-state index in [0.717, 1.165) is 17.8 Å². The minimum Gasteiger partial charge on any atom is -0.289 e. The molecule has 1 aromatic heterocycles. The number of hydrogen-bond donors (Lipinski definition) is 0. The summed E-state index contributed by atoms with van der Waals surface area (Å²) in [6, 6.07) is 4.83. The number of aryl methyl sites for hydroxylation is 2. The lowest BCUT2D eigenvalue weighted by Crippen LogP contribution is -1.95.